The Kier molecular flexibility index (Phi) is 6.10. The number of fused-ring (bicyclic) bond motifs is 2. The number of pyridine rings is 1. The van der Waals surface area contributed by atoms with Gasteiger partial charge < -0.3 is 19.5 Å². The summed E-state index contributed by atoms with van der Waals surface area (Å²) in [6, 6.07) is 8.88. The summed E-state index contributed by atoms with van der Waals surface area (Å²) < 4.78 is 9.76. The molecule has 2 aliphatic rings. The number of carbonyl (C=O) groups excluding carboxylic acids is 1. The Labute approximate surface area is 220 Å². The van der Waals surface area contributed by atoms with Crippen molar-refractivity contribution >= 4 is 39.1 Å². The highest BCUT2D eigenvalue weighted by Crippen LogP contribution is 2.44. The van der Waals surface area contributed by atoms with E-state index in [2.05, 4.69) is 10.3 Å². The lowest BCUT2D eigenvalue weighted by molar-refractivity contribution is -0.138. The average molecular weight is 538 g/mol. The standard InChI is InChI=1S/C26H24ClN5O4S/c1-30-7-3-22(33)32(26(30)35)14-17-13-20-24(37-17)18(2-4-29-20)19-12-16(27)10-15-11-21(36-23(15)19)25(34)31-8-5-28-6-9-31/h2-4,7,10,12-13,21,28H,5-6,8-9,11,14H2,1H3/t21-/m1/s1. The third-order valence-electron chi connectivity index (χ3n) is 6.81. The summed E-state index contributed by atoms with van der Waals surface area (Å²) in [5.74, 6) is 0.654. The number of amides is 1. The molecule has 4 aromatic rings. The van der Waals surface area contributed by atoms with E-state index in [0.717, 1.165) is 44.9 Å². The van der Waals surface area contributed by atoms with Gasteiger partial charge in [0.15, 0.2) is 6.10 Å². The van der Waals surface area contributed by atoms with Crippen LogP contribution < -0.4 is 21.3 Å². The van der Waals surface area contributed by atoms with Crippen molar-refractivity contribution < 1.29 is 9.53 Å². The normalized spacial score (nSPS) is 17.1. The van der Waals surface area contributed by atoms with Crippen LogP contribution in [0.2, 0.25) is 5.02 Å². The highest BCUT2D eigenvalue weighted by atomic mass is 35.5. The van der Waals surface area contributed by atoms with Crippen LogP contribution in [0.4, 0.5) is 0 Å². The highest BCUT2D eigenvalue weighted by molar-refractivity contribution is 7.19. The first-order chi connectivity index (χ1) is 17.9. The van der Waals surface area contributed by atoms with Crippen LogP contribution in [0.1, 0.15) is 10.4 Å². The lowest BCUT2D eigenvalue weighted by Crippen LogP contribution is -2.50. The molecule has 0 aliphatic carbocycles. The summed E-state index contributed by atoms with van der Waals surface area (Å²) in [5, 5.41) is 3.83. The minimum Gasteiger partial charge on any atom is -0.479 e. The van der Waals surface area contributed by atoms with E-state index in [1.807, 2.05) is 29.2 Å². The number of nitrogens with zero attached hydrogens (tertiary/aromatic N) is 4. The van der Waals surface area contributed by atoms with E-state index in [1.54, 1.807) is 13.2 Å². The van der Waals surface area contributed by atoms with Gasteiger partial charge in [0, 0.05) is 84.7 Å². The maximum atomic E-state index is 13.1. The number of nitrogens with one attached hydrogen (secondary N) is 1. The zero-order valence-corrected chi connectivity index (χ0v) is 21.6. The number of aryl methyl sites for hydroxylation is 1. The molecule has 0 radical (unpaired) electrons. The first-order valence-electron chi connectivity index (χ1n) is 12.0. The van der Waals surface area contributed by atoms with Crippen LogP contribution in [0.3, 0.4) is 0 Å². The summed E-state index contributed by atoms with van der Waals surface area (Å²) in [6.45, 7) is 3.04. The number of rotatable bonds is 4. The van der Waals surface area contributed by atoms with Crippen molar-refractivity contribution in [3.8, 4) is 16.9 Å². The molecule has 1 saturated heterocycles. The molecule has 1 aromatic carbocycles. The summed E-state index contributed by atoms with van der Waals surface area (Å²) in [4.78, 5) is 45.2. The van der Waals surface area contributed by atoms with Gasteiger partial charge >= 0.3 is 5.69 Å². The zero-order valence-electron chi connectivity index (χ0n) is 20.1. The van der Waals surface area contributed by atoms with Gasteiger partial charge in [-0.1, -0.05) is 11.6 Å². The molecule has 3 aromatic heterocycles. The quantitative estimate of drug-likeness (QED) is 0.429. The zero-order chi connectivity index (χ0) is 25.7. The van der Waals surface area contributed by atoms with Gasteiger partial charge in [0.05, 0.1) is 16.8 Å². The van der Waals surface area contributed by atoms with E-state index in [9.17, 15) is 14.4 Å². The molecule has 9 nitrogen and oxygen atoms in total. The second-order valence-electron chi connectivity index (χ2n) is 9.25. The van der Waals surface area contributed by atoms with Gasteiger partial charge in [-0.15, -0.1) is 11.3 Å². The maximum Gasteiger partial charge on any atom is 0.331 e. The first-order valence-corrected chi connectivity index (χ1v) is 13.2. The molecule has 5 heterocycles. The predicted octanol–water partition coefficient (Wildman–Crippen LogP) is 2.26. The SMILES string of the molecule is Cn1ccc(=O)n(Cc2cc3nccc(-c4cc(Cl)cc5c4O[C@@H](C(=O)N4CCNCC4)C5)c3s2)c1=O. The molecule has 2 aliphatic heterocycles. The second kappa shape index (κ2) is 9.44. The largest absolute Gasteiger partial charge is 0.479 e. The van der Waals surface area contributed by atoms with E-state index in [1.165, 1.54) is 32.7 Å². The molecule has 0 spiro atoms. The molecule has 11 heteroatoms. The lowest BCUT2D eigenvalue weighted by atomic mass is 10.0. The van der Waals surface area contributed by atoms with Gasteiger partial charge in [-0.2, -0.15) is 0 Å². The van der Waals surface area contributed by atoms with E-state index >= 15 is 0 Å². The first kappa shape index (κ1) is 23.9. The number of carbonyl (C=O) groups is 1. The Balaban J connectivity index is 1.37. The molecular formula is C26H24ClN5O4S. The Morgan fingerprint density at radius 3 is 2.81 bits per heavy atom. The number of ether oxygens (including phenoxy) is 1. The summed E-state index contributed by atoms with van der Waals surface area (Å²) in [5.41, 5.74) is 2.60. The molecule has 0 bridgehead atoms. The number of aromatic nitrogens is 3. The lowest BCUT2D eigenvalue weighted by Gasteiger charge is -2.29. The summed E-state index contributed by atoms with van der Waals surface area (Å²) >= 11 is 7.99. The van der Waals surface area contributed by atoms with Gasteiger partial charge in [-0.05, 0) is 24.3 Å². The van der Waals surface area contributed by atoms with Crippen LogP contribution in [0.15, 0.2) is 52.3 Å². The number of benzene rings is 1. The molecule has 190 valence electrons. The molecule has 1 amide bonds. The van der Waals surface area contributed by atoms with Gasteiger partial charge in [0.2, 0.25) is 0 Å². The van der Waals surface area contributed by atoms with Crippen LogP contribution in [-0.4, -0.2) is 57.2 Å². The second-order valence-corrected chi connectivity index (χ2v) is 10.8. The van der Waals surface area contributed by atoms with Crippen molar-refractivity contribution in [2.24, 2.45) is 7.05 Å². The summed E-state index contributed by atoms with van der Waals surface area (Å²) in [7, 11) is 1.61. The van der Waals surface area contributed by atoms with Crippen LogP contribution >= 0.6 is 22.9 Å². The molecule has 0 unspecified atom stereocenters. The Bertz CT molecular complexity index is 1650. The molecule has 1 N–H and O–H groups in total. The van der Waals surface area contributed by atoms with E-state index < -0.39 is 6.10 Å². The van der Waals surface area contributed by atoms with Crippen molar-refractivity contribution in [3.63, 3.8) is 0 Å². The minimum absolute atomic E-state index is 0.00654. The number of piperazine rings is 1. The number of thiophene rings is 1. The molecular weight excluding hydrogens is 514 g/mol. The number of halogens is 1. The van der Waals surface area contributed by atoms with Crippen LogP contribution in [0.25, 0.3) is 21.3 Å². The highest BCUT2D eigenvalue weighted by Gasteiger charge is 2.35. The smallest absolute Gasteiger partial charge is 0.331 e. The van der Waals surface area contributed by atoms with Crippen LogP contribution in [0.5, 0.6) is 5.75 Å². The third kappa shape index (κ3) is 4.35. The minimum atomic E-state index is -0.581. The van der Waals surface area contributed by atoms with Crippen molar-refractivity contribution in [2.75, 3.05) is 26.2 Å². The van der Waals surface area contributed by atoms with Gasteiger partial charge in [-0.3, -0.25) is 19.1 Å². The topological polar surface area (TPSA) is 98.5 Å². The Hall–Kier alpha value is -3.47. The predicted molar refractivity (Wildman–Crippen MR) is 143 cm³/mol. The van der Waals surface area contributed by atoms with E-state index in [-0.39, 0.29) is 23.7 Å². The Morgan fingerprint density at radius 2 is 2.00 bits per heavy atom. The van der Waals surface area contributed by atoms with Crippen LogP contribution in [0, 0.1) is 0 Å². The van der Waals surface area contributed by atoms with Gasteiger partial charge in [-0.25, -0.2) is 4.79 Å². The fourth-order valence-corrected chi connectivity index (χ4v) is 6.32. The third-order valence-corrected chi connectivity index (χ3v) is 8.17. The Morgan fingerprint density at radius 1 is 1.19 bits per heavy atom. The fourth-order valence-electron chi connectivity index (χ4n) is 4.94. The average Bonchev–Trinajstić information content (AvgIpc) is 3.52. The van der Waals surface area contributed by atoms with Crippen LogP contribution in [-0.2, 0) is 24.8 Å². The number of hydrogen-bond acceptors (Lipinski definition) is 7. The molecule has 1 atom stereocenters. The molecule has 37 heavy (non-hydrogen) atoms. The van der Waals surface area contributed by atoms with Crippen molar-refractivity contribution in [1.29, 1.82) is 0 Å². The molecule has 0 saturated carbocycles. The molecule has 1 fully saturated rings. The van der Waals surface area contributed by atoms with Crippen molar-refractivity contribution in [2.45, 2.75) is 19.1 Å². The van der Waals surface area contributed by atoms with E-state index in [4.69, 9.17) is 16.3 Å². The number of hydrogen-bond donors (Lipinski definition) is 1. The van der Waals surface area contributed by atoms with Gasteiger partial charge in [0.1, 0.15) is 5.75 Å². The van der Waals surface area contributed by atoms with E-state index in [0.29, 0.717) is 30.3 Å². The molecule has 6 rings (SSSR count). The monoisotopic (exact) mass is 537 g/mol. The van der Waals surface area contributed by atoms with Crippen molar-refractivity contribution in [3.05, 3.63) is 79.0 Å². The van der Waals surface area contributed by atoms with Gasteiger partial charge in [0.25, 0.3) is 11.5 Å². The maximum absolute atomic E-state index is 13.1. The fraction of sp³-hybridized carbons (Fsp3) is 0.308. The summed E-state index contributed by atoms with van der Waals surface area (Å²) in [6.07, 6.45) is 3.07. The van der Waals surface area contributed by atoms with Crippen molar-refractivity contribution in [1.82, 2.24) is 24.3 Å².